The third kappa shape index (κ3) is 2.99. The van der Waals surface area contributed by atoms with Crippen molar-refractivity contribution in [1.29, 1.82) is 0 Å². The predicted molar refractivity (Wildman–Crippen MR) is 96.5 cm³/mol. The number of phenols is 1. The van der Waals surface area contributed by atoms with Crippen LogP contribution in [0.25, 0.3) is 10.8 Å². The first-order valence-electron chi connectivity index (χ1n) is 8.17. The minimum atomic E-state index is 0.0263. The molecular formula is C21H30O. The lowest BCUT2D eigenvalue weighted by atomic mass is 9.57. The monoisotopic (exact) mass is 298 g/mol. The minimum absolute atomic E-state index is 0.0263. The quantitative estimate of drug-likeness (QED) is 0.691. The molecule has 2 rings (SSSR count). The van der Waals surface area contributed by atoms with Crippen LogP contribution < -0.4 is 0 Å². The molecule has 0 aliphatic carbocycles. The first-order valence-corrected chi connectivity index (χ1v) is 8.17. The summed E-state index contributed by atoms with van der Waals surface area (Å²) in [6, 6.07) is 12.2. The molecule has 0 fully saturated rings. The fourth-order valence-electron chi connectivity index (χ4n) is 3.60. The summed E-state index contributed by atoms with van der Waals surface area (Å²) in [4.78, 5) is 0. The third-order valence-corrected chi connectivity index (χ3v) is 5.03. The van der Waals surface area contributed by atoms with Crippen LogP contribution in [-0.4, -0.2) is 5.11 Å². The van der Waals surface area contributed by atoms with E-state index < -0.39 is 0 Å². The molecule has 0 aliphatic rings. The number of benzene rings is 2. The van der Waals surface area contributed by atoms with Crippen LogP contribution in [0.1, 0.15) is 60.5 Å². The van der Waals surface area contributed by atoms with Gasteiger partial charge in [0.05, 0.1) is 0 Å². The Labute approximate surface area is 135 Å². The summed E-state index contributed by atoms with van der Waals surface area (Å²) in [6.07, 6.45) is 1.10. The standard InChI is InChI=1S/C21H30O/c1-19(2,3)14-21(7,20(4,5)6)17-12-8-11-16-15(17)10-9-13-18(16)22/h8-13,22H,14H2,1-7H3. The average molecular weight is 298 g/mol. The summed E-state index contributed by atoms with van der Waals surface area (Å²) in [5.74, 6) is 0.367. The van der Waals surface area contributed by atoms with Crippen molar-refractivity contribution in [3.63, 3.8) is 0 Å². The van der Waals surface area contributed by atoms with Gasteiger partial charge in [-0.3, -0.25) is 0 Å². The van der Waals surface area contributed by atoms with Gasteiger partial charge in [-0.2, -0.15) is 0 Å². The van der Waals surface area contributed by atoms with Gasteiger partial charge in [-0.05, 0) is 39.7 Å². The van der Waals surface area contributed by atoms with Crippen molar-refractivity contribution in [3.05, 3.63) is 42.0 Å². The van der Waals surface area contributed by atoms with Gasteiger partial charge in [-0.1, -0.05) is 78.8 Å². The normalized spacial score (nSPS) is 15.8. The number of rotatable bonds is 2. The zero-order valence-corrected chi connectivity index (χ0v) is 15.1. The molecule has 0 radical (unpaired) electrons. The second-order valence-electron chi connectivity index (χ2n) is 9.00. The SMILES string of the molecule is CC(C)(C)CC(C)(c1cccc2c(O)cccc12)C(C)(C)C. The summed E-state index contributed by atoms with van der Waals surface area (Å²) >= 11 is 0. The first-order chi connectivity index (χ1) is 9.96. The highest BCUT2D eigenvalue weighted by atomic mass is 16.3. The van der Waals surface area contributed by atoms with Crippen LogP contribution in [0, 0.1) is 10.8 Å². The van der Waals surface area contributed by atoms with Crippen molar-refractivity contribution in [2.24, 2.45) is 10.8 Å². The van der Waals surface area contributed by atoms with E-state index in [2.05, 4.69) is 66.7 Å². The van der Waals surface area contributed by atoms with E-state index in [-0.39, 0.29) is 16.2 Å². The molecule has 0 aromatic heterocycles. The van der Waals surface area contributed by atoms with Gasteiger partial charge in [0.1, 0.15) is 5.75 Å². The lowest BCUT2D eigenvalue weighted by Crippen LogP contribution is -2.40. The molecule has 2 aromatic carbocycles. The van der Waals surface area contributed by atoms with Crippen molar-refractivity contribution in [1.82, 2.24) is 0 Å². The highest BCUT2D eigenvalue weighted by molar-refractivity contribution is 5.91. The van der Waals surface area contributed by atoms with Gasteiger partial charge < -0.3 is 5.11 Å². The summed E-state index contributed by atoms with van der Waals surface area (Å²) < 4.78 is 0. The zero-order chi connectivity index (χ0) is 16.8. The number of fused-ring (bicyclic) bond motifs is 1. The molecule has 0 heterocycles. The summed E-state index contributed by atoms with van der Waals surface area (Å²) in [5, 5.41) is 12.3. The Morgan fingerprint density at radius 2 is 1.32 bits per heavy atom. The Kier molecular flexibility index (Phi) is 4.06. The van der Waals surface area contributed by atoms with E-state index in [1.165, 1.54) is 10.9 Å². The van der Waals surface area contributed by atoms with Gasteiger partial charge in [-0.15, -0.1) is 0 Å². The summed E-state index contributed by atoms with van der Waals surface area (Å²) in [5.41, 5.74) is 1.72. The van der Waals surface area contributed by atoms with Crippen LogP contribution in [0.4, 0.5) is 0 Å². The van der Waals surface area contributed by atoms with Crippen LogP contribution in [-0.2, 0) is 5.41 Å². The lowest BCUT2D eigenvalue weighted by Gasteiger charge is -2.47. The largest absolute Gasteiger partial charge is 0.507 e. The van der Waals surface area contributed by atoms with Gasteiger partial charge in [0.2, 0.25) is 0 Å². The van der Waals surface area contributed by atoms with Crippen LogP contribution in [0.2, 0.25) is 0 Å². The molecule has 2 aromatic rings. The van der Waals surface area contributed by atoms with Crippen LogP contribution in [0.15, 0.2) is 36.4 Å². The number of hydrogen-bond donors (Lipinski definition) is 1. The minimum Gasteiger partial charge on any atom is -0.507 e. The second kappa shape index (κ2) is 5.30. The van der Waals surface area contributed by atoms with E-state index in [0.717, 1.165) is 11.8 Å². The first kappa shape index (κ1) is 16.9. The van der Waals surface area contributed by atoms with E-state index in [9.17, 15) is 5.11 Å². The lowest BCUT2D eigenvalue weighted by molar-refractivity contribution is 0.136. The molecule has 1 N–H and O–H groups in total. The molecule has 1 heteroatoms. The van der Waals surface area contributed by atoms with Crippen LogP contribution in [0.5, 0.6) is 5.75 Å². The highest BCUT2D eigenvalue weighted by Gasteiger charge is 2.42. The van der Waals surface area contributed by atoms with Gasteiger partial charge >= 0.3 is 0 Å². The molecule has 0 amide bonds. The van der Waals surface area contributed by atoms with Gasteiger partial charge in [-0.25, -0.2) is 0 Å². The molecular weight excluding hydrogens is 268 g/mol. The molecule has 1 atom stereocenters. The van der Waals surface area contributed by atoms with Crippen molar-refractivity contribution >= 4 is 10.8 Å². The predicted octanol–water partition coefficient (Wildman–Crippen LogP) is 6.29. The Bertz CT molecular complexity index is 670. The van der Waals surface area contributed by atoms with Crippen LogP contribution >= 0.6 is 0 Å². The van der Waals surface area contributed by atoms with Gasteiger partial charge in [0, 0.05) is 5.39 Å². The molecule has 0 aliphatic heterocycles. The van der Waals surface area contributed by atoms with E-state index in [4.69, 9.17) is 0 Å². The zero-order valence-electron chi connectivity index (χ0n) is 15.1. The van der Waals surface area contributed by atoms with Gasteiger partial charge in [0.25, 0.3) is 0 Å². The van der Waals surface area contributed by atoms with Gasteiger partial charge in [0.15, 0.2) is 0 Å². The fraction of sp³-hybridized carbons (Fsp3) is 0.524. The van der Waals surface area contributed by atoms with E-state index in [0.29, 0.717) is 5.75 Å². The number of phenolic OH excluding ortho intramolecular Hbond substituents is 1. The number of aromatic hydroxyl groups is 1. The molecule has 0 spiro atoms. The summed E-state index contributed by atoms with van der Waals surface area (Å²) in [7, 11) is 0. The highest BCUT2D eigenvalue weighted by Crippen LogP contribution is 2.50. The Morgan fingerprint density at radius 1 is 0.773 bits per heavy atom. The Morgan fingerprint density at radius 3 is 1.86 bits per heavy atom. The van der Waals surface area contributed by atoms with E-state index in [1.807, 2.05) is 12.1 Å². The Hall–Kier alpha value is -1.50. The second-order valence-corrected chi connectivity index (χ2v) is 9.00. The molecule has 0 bridgehead atoms. The maximum Gasteiger partial charge on any atom is 0.123 e. The van der Waals surface area contributed by atoms with E-state index >= 15 is 0 Å². The molecule has 22 heavy (non-hydrogen) atoms. The summed E-state index contributed by atoms with van der Waals surface area (Å²) in [6.45, 7) is 16.2. The molecule has 1 nitrogen and oxygen atoms in total. The van der Waals surface area contributed by atoms with Crippen molar-refractivity contribution in [2.75, 3.05) is 0 Å². The molecule has 1 unspecified atom stereocenters. The maximum atomic E-state index is 10.2. The number of hydrogen-bond acceptors (Lipinski definition) is 1. The maximum absolute atomic E-state index is 10.2. The smallest absolute Gasteiger partial charge is 0.123 e. The molecule has 0 saturated carbocycles. The molecule has 120 valence electrons. The fourth-order valence-corrected chi connectivity index (χ4v) is 3.60. The third-order valence-electron chi connectivity index (χ3n) is 5.03. The Balaban J connectivity index is 2.76. The van der Waals surface area contributed by atoms with Crippen LogP contribution in [0.3, 0.4) is 0 Å². The van der Waals surface area contributed by atoms with E-state index in [1.54, 1.807) is 6.07 Å². The van der Waals surface area contributed by atoms with Crippen molar-refractivity contribution in [2.45, 2.75) is 60.3 Å². The van der Waals surface area contributed by atoms with Crippen molar-refractivity contribution < 1.29 is 5.11 Å². The topological polar surface area (TPSA) is 20.2 Å². The van der Waals surface area contributed by atoms with Crippen molar-refractivity contribution in [3.8, 4) is 5.75 Å². The molecule has 0 saturated heterocycles. The average Bonchev–Trinajstić information content (AvgIpc) is 2.35.